The lowest BCUT2D eigenvalue weighted by Crippen LogP contribution is -2.28. The second-order valence-electron chi connectivity index (χ2n) is 7.84. The molecular weight excluding hydrogens is 426 g/mol. The summed E-state index contributed by atoms with van der Waals surface area (Å²) in [4.78, 5) is 11.1. The summed E-state index contributed by atoms with van der Waals surface area (Å²) in [6.07, 6.45) is 3.63. The number of rotatable bonds is 4. The summed E-state index contributed by atoms with van der Waals surface area (Å²) in [5.74, 6) is 0.949. The number of imidazole rings is 1. The molecule has 1 N–H and O–H groups in total. The van der Waals surface area contributed by atoms with E-state index in [2.05, 4.69) is 74.6 Å². The first-order chi connectivity index (χ1) is 16.2. The van der Waals surface area contributed by atoms with Gasteiger partial charge in [0.2, 0.25) is 0 Å². The SMILES string of the molecule is Cc1ccccc1.N#Cc1ccc2c(c1)CN(Sc1ccccc1)CCN2Cc1ncc[nH]1. The normalized spacial score (nSPS) is 13.3. The highest BCUT2D eigenvalue weighted by Crippen LogP contribution is 2.32. The number of nitriles is 1. The molecule has 5 nitrogen and oxygen atoms in total. The average Bonchev–Trinajstić information content (AvgIpc) is 3.30. The van der Waals surface area contributed by atoms with Crippen molar-refractivity contribution >= 4 is 17.6 Å². The zero-order chi connectivity index (χ0) is 22.9. The van der Waals surface area contributed by atoms with Crippen LogP contribution in [0.5, 0.6) is 0 Å². The Kier molecular flexibility index (Phi) is 7.81. The lowest BCUT2D eigenvalue weighted by molar-refractivity contribution is 0.482. The van der Waals surface area contributed by atoms with Gasteiger partial charge in [-0.2, -0.15) is 5.26 Å². The van der Waals surface area contributed by atoms with Crippen LogP contribution in [-0.2, 0) is 13.1 Å². The third-order valence-corrected chi connectivity index (χ3v) is 6.38. The fourth-order valence-corrected chi connectivity index (χ4v) is 4.64. The molecule has 1 aliphatic heterocycles. The zero-order valence-corrected chi connectivity index (χ0v) is 19.5. The molecule has 0 atom stereocenters. The van der Waals surface area contributed by atoms with E-state index in [4.69, 9.17) is 0 Å². The molecule has 0 radical (unpaired) electrons. The molecule has 0 saturated heterocycles. The molecule has 3 aromatic carbocycles. The van der Waals surface area contributed by atoms with Gasteiger partial charge < -0.3 is 9.88 Å². The van der Waals surface area contributed by atoms with Crippen LogP contribution in [0.2, 0.25) is 0 Å². The molecular formula is C27H27N5S. The van der Waals surface area contributed by atoms with Crippen LogP contribution in [-0.4, -0.2) is 27.4 Å². The second-order valence-corrected chi connectivity index (χ2v) is 9.01. The number of hydrogen-bond acceptors (Lipinski definition) is 5. The van der Waals surface area contributed by atoms with Gasteiger partial charge >= 0.3 is 0 Å². The molecule has 4 aromatic rings. The molecule has 0 amide bonds. The maximum absolute atomic E-state index is 9.29. The summed E-state index contributed by atoms with van der Waals surface area (Å²) in [6, 6.07) is 28.9. The Morgan fingerprint density at radius 3 is 2.39 bits per heavy atom. The molecule has 33 heavy (non-hydrogen) atoms. The van der Waals surface area contributed by atoms with Crippen molar-refractivity contribution in [1.29, 1.82) is 5.26 Å². The van der Waals surface area contributed by atoms with E-state index in [0.717, 1.165) is 32.0 Å². The van der Waals surface area contributed by atoms with Crippen molar-refractivity contribution in [1.82, 2.24) is 14.3 Å². The first-order valence-corrected chi connectivity index (χ1v) is 11.7. The highest BCUT2D eigenvalue weighted by Gasteiger charge is 2.21. The molecule has 5 rings (SSSR count). The predicted molar refractivity (Wildman–Crippen MR) is 135 cm³/mol. The Morgan fingerprint density at radius 2 is 1.76 bits per heavy atom. The Balaban J connectivity index is 0.000000318. The Labute approximate surface area is 199 Å². The molecule has 0 unspecified atom stereocenters. The van der Waals surface area contributed by atoms with Crippen molar-refractivity contribution in [3.8, 4) is 6.07 Å². The van der Waals surface area contributed by atoms with Crippen LogP contribution in [0.1, 0.15) is 22.5 Å². The third-order valence-electron chi connectivity index (χ3n) is 5.33. The Bertz CT molecular complexity index is 1170. The number of hydrogen-bond donors (Lipinski definition) is 1. The summed E-state index contributed by atoms with van der Waals surface area (Å²) in [6.45, 7) is 5.45. The number of anilines is 1. The molecule has 1 aliphatic rings. The number of nitrogens with one attached hydrogen (secondary N) is 1. The number of H-pyrrole nitrogens is 1. The van der Waals surface area contributed by atoms with Gasteiger partial charge in [0.25, 0.3) is 0 Å². The molecule has 0 fully saturated rings. The number of aryl methyl sites for hydroxylation is 1. The number of aromatic amines is 1. The summed E-state index contributed by atoms with van der Waals surface area (Å²) < 4.78 is 2.36. The molecule has 0 spiro atoms. The third kappa shape index (κ3) is 6.48. The second kappa shape index (κ2) is 11.4. The smallest absolute Gasteiger partial charge is 0.125 e. The molecule has 0 aliphatic carbocycles. The molecule has 0 saturated carbocycles. The standard InChI is InChI=1S/C20H19N5S.C7H8/c21-13-16-6-7-19-17(12-16)14-25(26-18-4-2-1-3-5-18)11-10-24(19)15-20-22-8-9-23-20;1-7-5-3-2-4-6-7/h1-9,12H,10-11,14-15H2,(H,22,23);2-6H,1H3. The van der Waals surface area contributed by atoms with Crippen LogP contribution in [0, 0.1) is 18.3 Å². The summed E-state index contributed by atoms with van der Waals surface area (Å²) in [5.41, 5.74) is 4.38. The van der Waals surface area contributed by atoms with Crippen LogP contribution < -0.4 is 4.90 Å². The van der Waals surface area contributed by atoms with Crippen LogP contribution >= 0.6 is 11.9 Å². The van der Waals surface area contributed by atoms with Gasteiger partial charge in [-0.15, -0.1) is 0 Å². The number of fused-ring (bicyclic) bond motifs is 1. The fourth-order valence-electron chi connectivity index (χ4n) is 3.68. The lowest BCUT2D eigenvalue weighted by atomic mass is 10.1. The van der Waals surface area contributed by atoms with Gasteiger partial charge in [-0.3, -0.25) is 0 Å². The van der Waals surface area contributed by atoms with Gasteiger partial charge in [-0.1, -0.05) is 54.1 Å². The quantitative estimate of drug-likeness (QED) is 0.395. The predicted octanol–water partition coefficient (Wildman–Crippen LogP) is 5.81. The first kappa shape index (κ1) is 22.7. The zero-order valence-electron chi connectivity index (χ0n) is 18.7. The number of nitrogens with zero attached hydrogens (tertiary/aromatic N) is 4. The van der Waals surface area contributed by atoms with Gasteiger partial charge in [0.1, 0.15) is 5.82 Å². The summed E-state index contributed by atoms with van der Waals surface area (Å²) in [5, 5.41) is 9.29. The van der Waals surface area contributed by atoms with Crippen LogP contribution in [0.25, 0.3) is 0 Å². The van der Waals surface area contributed by atoms with E-state index in [9.17, 15) is 5.26 Å². The largest absolute Gasteiger partial charge is 0.362 e. The summed E-state index contributed by atoms with van der Waals surface area (Å²) in [7, 11) is 0. The van der Waals surface area contributed by atoms with E-state index in [0.29, 0.717) is 5.56 Å². The van der Waals surface area contributed by atoms with Crippen molar-refractivity contribution in [2.24, 2.45) is 0 Å². The van der Waals surface area contributed by atoms with Crippen molar-refractivity contribution < 1.29 is 0 Å². The number of aromatic nitrogens is 2. The minimum absolute atomic E-state index is 0.702. The summed E-state index contributed by atoms with van der Waals surface area (Å²) >= 11 is 1.77. The van der Waals surface area contributed by atoms with E-state index in [1.54, 1.807) is 18.1 Å². The molecule has 2 heterocycles. The van der Waals surface area contributed by atoms with Crippen molar-refractivity contribution in [2.45, 2.75) is 24.9 Å². The van der Waals surface area contributed by atoms with Gasteiger partial charge in [0.05, 0.1) is 18.2 Å². The monoisotopic (exact) mass is 453 g/mol. The van der Waals surface area contributed by atoms with E-state index in [-0.39, 0.29) is 0 Å². The van der Waals surface area contributed by atoms with Crippen molar-refractivity contribution in [3.05, 3.63) is 114 Å². The molecule has 0 bridgehead atoms. The van der Waals surface area contributed by atoms with Crippen LogP contribution in [0.4, 0.5) is 5.69 Å². The first-order valence-electron chi connectivity index (χ1n) is 11.0. The average molecular weight is 454 g/mol. The topological polar surface area (TPSA) is 59.0 Å². The van der Waals surface area contributed by atoms with Gasteiger partial charge in [-0.05, 0) is 54.8 Å². The highest BCUT2D eigenvalue weighted by atomic mass is 32.2. The maximum atomic E-state index is 9.29. The lowest BCUT2D eigenvalue weighted by Gasteiger charge is -2.23. The molecule has 1 aromatic heterocycles. The van der Waals surface area contributed by atoms with Gasteiger partial charge in [-0.25, -0.2) is 9.29 Å². The highest BCUT2D eigenvalue weighted by molar-refractivity contribution is 7.97. The van der Waals surface area contributed by atoms with Crippen LogP contribution in [0.3, 0.4) is 0 Å². The van der Waals surface area contributed by atoms with E-state index in [1.807, 2.05) is 42.6 Å². The Morgan fingerprint density at radius 1 is 1.00 bits per heavy atom. The number of benzene rings is 3. The van der Waals surface area contributed by atoms with E-state index >= 15 is 0 Å². The van der Waals surface area contributed by atoms with Crippen molar-refractivity contribution in [2.75, 3.05) is 18.0 Å². The molecule has 166 valence electrons. The Hall–Kier alpha value is -3.53. The van der Waals surface area contributed by atoms with E-state index in [1.165, 1.54) is 21.7 Å². The minimum Gasteiger partial charge on any atom is -0.362 e. The van der Waals surface area contributed by atoms with Crippen molar-refractivity contribution in [3.63, 3.8) is 0 Å². The van der Waals surface area contributed by atoms with Crippen LogP contribution in [0.15, 0.2) is 96.2 Å². The maximum Gasteiger partial charge on any atom is 0.125 e. The fraction of sp³-hybridized carbons (Fsp3) is 0.185. The van der Waals surface area contributed by atoms with Gasteiger partial charge in [0.15, 0.2) is 0 Å². The molecule has 6 heteroatoms. The van der Waals surface area contributed by atoms with E-state index < -0.39 is 0 Å². The van der Waals surface area contributed by atoms with Gasteiger partial charge in [0, 0.05) is 42.6 Å². The minimum atomic E-state index is 0.702.